The van der Waals surface area contributed by atoms with E-state index in [-0.39, 0.29) is 0 Å². The van der Waals surface area contributed by atoms with E-state index >= 15 is 0 Å². The van der Waals surface area contributed by atoms with Crippen LogP contribution < -0.4 is 5.73 Å². The maximum atomic E-state index is 5.73. The van der Waals surface area contributed by atoms with Crippen molar-refractivity contribution in [3.05, 3.63) is 30.6 Å². The summed E-state index contributed by atoms with van der Waals surface area (Å²) in [5.41, 5.74) is 8.30. The Morgan fingerprint density at radius 3 is 3.00 bits per heavy atom. The first-order valence-corrected chi connectivity index (χ1v) is 4.48. The number of hydrogen-bond acceptors (Lipinski definition) is 4. The highest BCUT2D eigenvalue weighted by molar-refractivity contribution is 5.84. The third-order valence-electron chi connectivity index (χ3n) is 2.34. The van der Waals surface area contributed by atoms with Gasteiger partial charge in [0.1, 0.15) is 5.82 Å². The molecule has 2 aromatic heterocycles. The number of nitrogens with zero attached hydrogens (tertiary/aromatic N) is 2. The van der Waals surface area contributed by atoms with Crippen LogP contribution in [0.4, 0.5) is 5.82 Å². The van der Waals surface area contributed by atoms with Crippen molar-refractivity contribution in [1.29, 1.82) is 0 Å². The molecule has 5 heteroatoms. The third kappa shape index (κ3) is 1.17. The number of H-pyrrole nitrogens is 1. The maximum Gasteiger partial charge on any atom is 0.167 e. The van der Waals surface area contributed by atoms with Crippen LogP contribution in [0.5, 0.6) is 0 Å². The molecule has 5 nitrogen and oxygen atoms in total. The SMILES string of the molecule is Nc1[nH]ncc1-c1ccc2cnoc2c1. The van der Waals surface area contributed by atoms with Crippen LogP contribution in [0.3, 0.4) is 0 Å². The normalized spacial score (nSPS) is 10.9. The Balaban J connectivity index is 2.23. The van der Waals surface area contributed by atoms with E-state index in [2.05, 4.69) is 15.4 Å². The lowest BCUT2D eigenvalue weighted by atomic mass is 10.1. The summed E-state index contributed by atoms with van der Waals surface area (Å²) in [4.78, 5) is 0. The largest absolute Gasteiger partial charge is 0.384 e. The molecule has 3 aromatic rings. The molecule has 0 aliphatic heterocycles. The van der Waals surface area contributed by atoms with Crippen LogP contribution in [0.25, 0.3) is 22.1 Å². The monoisotopic (exact) mass is 200 g/mol. The molecule has 0 spiro atoms. The molecule has 2 heterocycles. The summed E-state index contributed by atoms with van der Waals surface area (Å²) in [6, 6.07) is 5.79. The van der Waals surface area contributed by atoms with Crippen LogP contribution in [0.1, 0.15) is 0 Å². The molecule has 15 heavy (non-hydrogen) atoms. The Hall–Kier alpha value is -2.30. The number of nitrogens with two attached hydrogens (primary N) is 1. The second-order valence-corrected chi connectivity index (χ2v) is 3.28. The lowest BCUT2D eigenvalue weighted by molar-refractivity contribution is 0.456. The summed E-state index contributed by atoms with van der Waals surface area (Å²) >= 11 is 0. The van der Waals surface area contributed by atoms with Crippen molar-refractivity contribution in [2.45, 2.75) is 0 Å². The lowest BCUT2D eigenvalue weighted by Gasteiger charge is -1.97. The highest BCUT2D eigenvalue weighted by Crippen LogP contribution is 2.26. The van der Waals surface area contributed by atoms with Crippen molar-refractivity contribution in [2.75, 3.05) is 5.73 Å². The number of nitrogen functional groups attached to an aromatic ring is 1. The molecule has 3 N–H and O–H groups in total. The number of aromatic amines is 1. The summed E-state index contributed by atoms with van der Waals surface area (Å²) in [6.07, 6.45) is 3.37. The van der Waals surface area contributed by atoms with Gasteiger partial charge in [0, 0.05) is 10.9 Å². The van der Waals surface area contributed by atoms with E-state index in [0.29, 0.717) is 5.82 Å². The summed E-state index contributed by atoms with van der Waals surface area (Å²) < 4.78 is 5.08. The van der Waals surface area contributed by atoms with E-state index in [1.165, 1.54) is 0 Å². The van der Waals surface area contributed by atoms with Crippen LogP contribution >= 0.6 is 0 Å². The first kappa shape index (κ1) is 8.05. The molecular formula is C10H8N4O. The minimum absolute atomic E-state index is 0.550. The Morgan fingerprint density at radius 2 is 2.20 bits per heavy atom. The third-order valence-corrected chi connectivity index (χ3v) is 2.34. The van der Waals surface area contributed by atoms with E-state index in [1.807, 2.05) is 18.2 Å². The topological polar surface area (TPSA) is 80.7 Å². The maximum absolute atomic E-state index is 5.73. The quantitative estimate of drug-likeness (QED) is 0.627. The minimum atomic E-state index is 0.550. The fourth-order valence-electron chi connectivity index (χ4n) is 1.55. The molecule has 0 saturated heterocycles. The summed E-state index contributed by atoms with van der Waals surface area (Å²) in [5, 5.41) is 11.2. The van der Waals surface area contributed by atoms with Crippen molar-refractivity contribution < 1.29 is 4.52 Å². The lowest BCUT2D eigenvalue weighted by Crippen LogP contribution is -1.87. The fraction of sp³-hybridized carbons (Fsp3) is 0. The predicted molar refractivity (Wildman–Crippen MR) is 56.0 cm³/mol. The van der Waals surface area contributed by atoms with Crippen LogP contribution in [-0.4, -0.2) is 15.4 Å². The van der Waals surface area contributed by atoms with E-state index < -0.39 is 0 Å². The Morgan fingerprint density at radius 1 is 1.27 bits per heavy atom. The van der Waals surface area contributed by atoms with E-state index in [9.17, 15) is 0 Å². The van der Waals surface area contributed by atoms with Gasteiger partial charge in [-0.05, 0) is 17.7 Å². The number of anilines is 1. The second kappa shape index (κ2) is 2.84. The van der Waals surface area contributed by atoms with E-state index in [1.54, 1.807) is 12.4 Å². The van der Waals surface area contributed by atoms with Crippen LogP contribution in [0.2, 0.25) is 0 Å². The molecule has 0 bridgehead atoms. The van der Waals surface area contributed by atoms with Crippen molar-refractivity contribution in [3.8, 4) is 11.1 Å². The highest BCUT2D eigenvalue weighted by atomic mass is 16.5. The van der Waals surface area contributed by atoms with E-state index in [4.69, 9.17) is 10.3 Å². The molecule has 0 aliphatic rings. The molecule has 0 radical (unpaired) electrons. The van der Waals surface area contributed by atoms with Gasteiger partial charge in [-0.2, -0.15) is 5.10 Å². The Kier molecular flexibility index (Phi) is 1.53. The number of benzene rings is 1. The van der Waals surface area contributed by atoms with Gasteiger partial charge in [-0.3, -0.25) is 5.10 Å². The molecule has 1 aromatic carbocycles. The molecule has 0 unspecified atom stereocenters. The van der Waals surface area contributed by atoms with Gasteiger partial charge < -0.3 is 10.3 Å². The molecule has 74 valence electrons. The molecule has 0 aliphatic carbocycles. The molecule has 0 amide bonds. The van der Waals surface area contributed by atoms with Gasteiger partial charge in [0.15, 0.2) is 5.58 Å². The zero-order valence-corrected chi connectivity index (χ0v) is 7.77. The van der Waals surface area contributed by atoms with E-state index in [0.717, 1.165) is 22.1 Å². The van der Waals surface area contributed by atoms with Crippen LogP contribution in [0.15, 0.2) is 35.1 Å². The highest BCUT2D eigenvalue weighted by Gasteiger charge is 2.06. The Labute approximate surface area is 84.9 Å². The van der Waals surface area contributed by atoms with Gasteiger partial charge in [-0.25, -0.2) is 0 Å². The number of fused-ring (bicyclic) bond motifs is 1. The fourth-order valence-corrected chi connectivity index (χ4v) is 1.55. The Bertz CT molecular complexity index is 610. The second-order valence-electron chi connectivity index (χ2n) is 3.28. The number of rotatable bonds is 1. The molecule has 3 rings (SSSR count). The van der Waals surface area contributed by atoms with Gasteiger partial charge in [0.25, 0.3) is 0 Å². The average molecular weight is 200 g/mol. The van der Waals surface area contributed by atoms with Gasteiger partial charge in [-0.15, -0.1) is 0 Å². The van der Waals surface area contributed by atoms with Crippen LogP contribution in [0, 0.1) is 0 Å². The summed E-state index contributed by atoms with van der Waals surface area (Å²) in [7, 11) is 0. The van der Waals surface area contributed by atoms with Gasteiger partial charge in [-0.1, -0.05) is 11.2 Å². The zero-order chi connectivity index (χ0) is 10.3. The summed E-state index contributed by atoms with van der Waals surface area (Å²) in [5.74, 6) is 0.550. The number of aromatic nitrogens is 3. The molecule has 0 fully saturated rings. The standard InChI is InChI=1S/C10H8N4O/c11-10-8(5-12-14-10)6-1-2-7-4-13-15-9(7)3-6/h1-5H,(H3,11,12,14). The molecule has 0 atom stereocenters. The van der Waals surface area contributed by atoms with Crippen molar-refractivity contribution in [1.82, 2.24) is 15.4 Å². The van der Waals surface area contributed by atoms with Crippen molar-refractivity contribution >= 4 is 16.8 Å². The molecular weight excluding hydrogens is 192 g/mol. The van der Waals surface area contributed by atoms with Crippen molar-refractivity contribution in [2.24, 2.45) is 0 Å². The number of hydrogen-bond donors (Lipinski definition) is 2. The van der Waals surface area contributed by atoms with Gasteiger partial charge in [0.05, 0.1) is 12.4 Å². The smallest absolute Gasteiger partial charge is 0.167 e. The summed E-state index contributed by atoms with van der Waals surface area (Å²) in [6.45, 7) is 0. The average Bonchev–Trinajstić information content (AvgIpc) is 2.84. The minimum Gasteiger partial charge on any atom is -0.384 e. The van der Waals surface area contributed by atoms with Crippen molar-refractivity contribution in [3.63, 3.8) is 0 Å². The zero-order valence-electron chi connectivity index (χ0n) is 7.77. The first-order valence-electron chi connectivity index (χ1n) is 4.48. The number of nitrogens with one attached hydrogen (secondary N) is 1. The first-order chi connectivity index (χ1) is 7.34. The predicted octanol–water partition coefficient (Wildman–Crippen LogP) is 1.80. The molecule has 0 saturated carbocycles. The van der Waals surface area contributed by atoms with Crippen LogP contribution in [-0.2, 0) is 0 Å². The van der Waals surface area contributed by atoms with Gasteiger partial charge in [0.2, 0.25) is 0 Å². The van der Waals surface area contributed by atoms with Gasteiger partial charge >= 0.3 is 0 Å².